The highest BCUT2D eigenvalue weighted by atomic mass is 35.5. The van der Waals surface area contributed by atoms with Gasteiger partial charge in [0.2, 0.25) is 5.44 Å². The van der Waals surface area contributed by atoms with E-state index in [1.807, 2.05) is 48.5 Å². The molecule has 0 saturated carbocycles. The van der Waals surface area contributed by atoms with Gasteiger partial charge in [0, 0.05) is 5.56 Å². The Morgan fingerprint density at radius 2 is 0.938 bits per heavy atom. The van der Waals surface area contributed by atoms with Crippen LogP contribution in [0.15, 0.2) is 137 Å². The topological polar surface area (TPSA) is 12.4 Å². The van der Waals surface area contributed by atoms with E-state index in [9.17, 15) is 0 Å². The van der Waals surface area contributed by atoms with Crippen LogP contribution in [0.5, 0.6) is 0 Å². The van der Waals surface area contributed by atoms with Crippen molar-refractivity contribution < 1.29 is 12.4 Å². The molecular formula is C27H21Cl3NP. The fourth-order valence-electron chi connectivity index (χ4n) is 3.71. The zero-order valence-electron chi connectivity index (χ0n) is 17.2. The summed E-state index contributed by atoms with van der Waals surface area (Å²) < 4.78 is 0. The average Bonchev–Trinajstić information content (AvgIpc) is 2.86. The van der Waals surface area contributed by atoms with E-state index in [1.54, 1.807) is 5.54 Å². The number of nitrogens with zero attached hydrogens (tertiary/aromatic N) is 1. The highest BCUT2D eigenvalue weighted by Gasteiger charge is 2.50. The summed E-state index contributed by atoms with van der Waals surface area (Å²) >= 11 is 13.2. The smallest absolute Gasteiger partial charge is 0.211 e. The number of hydrogen-bond donors (Lipinski definition) is 0. The second-order valence-corrected chi connectivity index (χ2v) is 10.8. The van der Waals surface area contributed by atoms with E-state index >= 15 is 0 Å². The van der Waals surface area contributed by atoms with Gasteiger partial charge in [-0.15, -0.1) is 0 Å². The van der Waals surface area contributed by atoms with Crippen LogP contribution < -0.4 is 28.3 Å². The van der Waals surface area contributed by atoms with Crippen molar-refractivity contribution in [1.29, 1.82) is 0 Å². The molecule has 4 rings (SSSR count). The minimum atomic E-state index is -2.38. The van der Waals surface area contributed by atoms with Crippen LogP contribution in [0.25, 0.3) is 0 Å². The third-order valence-electron chi connectivity index (χ3n) is 5.10. The van der Waals surface area contributed by atoms with Crippen molar-refractivity contribution in [2.75, 3.05) is 0 Å². The number of rotatable bonds is 6. The molecule has 1 nitrogen and oxygen atoms in total. The van der Waals surface area contributed by atoms with Gasteiger partial charge in [-0.05, 0) is 36.4 Å². The van der Waals surface area contributed by atoms with Gasteiger partial charge in [0.05, 0.1) is 5.54 Å². The summed E-state index contributed by atoms with van der Waals surface area (Å²) in [6.07, 6.45) is 0. The summed E-state index contributed by atoms with van der Waals surface area (Å²) in [5.74, 6) is 0. The van der Waals surface area contributed by atoms with Crippen LogP contribution in [-0.2, 0) is 0 Å². The van der Waals surface area contributed by atoms with Crippen LogP contribution in [-0.4, -0.2) is 5.17 Å². The Morgan fingerprint density at radius 3 is 1.28 bits per heavy atom. The third-order valence-corrected chi connectivity index (χ3v) is 9.89. The largest absolute Gasteiger partial charge is 1.00 e. The molecule has 0 bridgehead atoms. The molecule has 4 aromatic carbocycles. The minimum Gasteiger partial charge on any atom is -1.00 e. The molecule has 0 aliphatic carbocycles. The summed E-state index contributed by atoms with van der Waals surface area (Å²) in [5.41, 5.74) is 3.20. The number of benzene rings is 4. The van der Waals surface area contributed by atoms with Crippen molar-refractivity contribution in [3.05, 3.63) is 138 Å². The maximum Gasteiger partial charge on any atom is 0.211 e. The summed E-state index contributed by atoms with van der Waals surface area (Å²) in [5, 5.41) is 3.92. The molecule has 32 heavy (non-hydrogen) atoms. The van der Waals surface area contributed by atoms with E-state index in [1.165, 1.54) is 15.9 Å². The molecule has 0 aliphatic heterocycles. The average molecular weight is 497 g/mol. The molecule has 0 aliphatic rings. The fourth-order valence-corrected chi connectivity index (χ4v) is 8.42. The molecule has 0 atom stereocenters. The summed E-state index contributed by atoms with van der Waals surface area (Å²) in [7, 11) is -2.38. The standard InChI is InChI=1S/C27H21Cl2NP.ClH/c28-21-26(30-27(29)22-13-5-1-6-14-22)31(23-15-7-2-8-16-23,24-17-9-3-10-18-24)25-19-11-4-12-20-25;/h1-21H;1H/q+1;/p-1/b26-21+,30-27-;. The molecule has 0 N–H and O–H groups in total. The van der Waals surface area contributed by atoms with Crippen LogP contribution in [0, 0.1) is 0 Å². The van der Waals surface area contributed by atoms with E-state index in [-0.39, 0.29) is 12.4 Å². The van der Waals surface area contributed by atoms with Gasteiger partial charge in [-0.2, -0.15) is 4.99 Å². The first-order valence-electron chi connectivity index (χ1n) is 9.93. The van der Waals surface area contributed by atoms with Gasteiger partial charge in [0.25, 0.3) is 0 Å². The van der Waals surface area contributed by atoms with E-state index < -0.39 is 7.26 Å². The predicted molar refractivity (Wildman–Crippen MR) is 138 cm³/mol. The maximum atomic E-state index is 6.72. The Balaban J connectivity index is 0.00000289. The van der Waals surface area contributed by atoms with Gasteiger partial charge in [0.1, 0.15) is 21.1 Å². The Morgan fingerprint density at radius 1 is 0.594 bits per heavy atom. The lowest BCUT2D eigenvalue weighted by molar-refractivity contribution is -0.00000579. The monoisotopic (exact) mass is 495 g/mol. The molecule has 0 radical (unpaired) electrons. The summed E-state index contributed by atoms with van der Waals surface area (Å²) in [4.78, 5) is 4.93. The lowest BCUT2D eigenvalue weighted by Crippen LogP contribution is -3.00. The normalized spacial score (nSPS) is 12.2. The van der Waals surface area contributed by atoms with Crippen LogP contribution in [0.1, 0.15) is 5.56 Å². The van der Waals surface area contributed by atoms with Crippen molar-refractivity contribution in [2.45, 2.75) is 0 Å². The quantitative estimate of drug-likeness (QED) is 0.285. The Labute approximate surface area is 206 Å². The molecule has 0 fully saturated rings. The first-order chi connectivity index (χ1) is 15.3. The molecule has 0 amide bonds. The van der Waals surface area contributed by atoms with Crippen molar-refractivity contribution in [3.63, 3.8) is 0 Å². The van der Waals surface area contributed by atoms with Crippen molar-refractivity contribution in [1.82, 2.24) is 0 Å². The second-order valence-electron chi connectivity index (χ2n) is 6.91. The minimum absolute atomic E-state index is 0. The van der Waals surface area contributed by atoms with Gasteiger partial charge in [-0.1, -0.05) is 108 Å². The van der Waals surface area contributed by atoms with Crippen molar-refractivity contribution in [3.8, 4) is 0 Å². The van der Waals surface area contributed by atoms with Crippen LogP contribution in [0.2, 0.25) is 0 Å². The van der Waals surface area contributed by atoms with Gasteiger partial charge >= 0.3 is 0 Å². The first-order valence-corrected chi connectivity index (χ1v) is 12.5. The zero-order chi connectivity index (χ0) is 21.5. The van der Waals surface area contributed by atoms with E-state index in [2.05, 4.69) is 72.8 Å². The van der Waals surface area contributed by atoms with Gasteiger partial charge < -0.3 is 12.4 Å². The molecule has 0 spiro atoms. The zero-order valence-corrected chi connectivity index (χ0v) is 20.3. The second kappa shape index (κ2) is 11.5. The highest BCUT2D eigenvalue weighted by Crippen LogP contribution is 2.63. The van der Waals surface area contributed by atoms with Crippen molar-refractivity contribution >= 4 is 51.5 Å². The van der Waals surface area contributed by atoms with Gasteiger partial charge in [-0.3, -0.25) is 0 Å². The summed E-state index contributed by atoms with van der Waals surface area (Å²) in [6, 6.07) is 41.1. The van der Waals surface area contributed by atoms with Crippen LogP contribution >= 0.6 is 30.5 Å². The fraction of sp³-hybridized carbons (Fsp3) is 0. The molecular weight excluding hydrogens is 476 g/mol. The molecule has 0 aromatic heterocycles. The molecule has 0 heterocycles. The lowest BCUT2D eigenvalue weighted by atomic mass is 10.2. The van der Waals surface area contributed by atoms with Crippen LogP contribution in [0.3, 0.4) is 0 Å². The van der Waals surface area contributed by atoms with Crippen LogP contribution in [0.4, 0.5) is 0 Å². The van der Waals surface area contributed by atoms with Crippen molar-refractivity contribution in [2.24, 2.45) is 4.99 Å². The number of hydrogen-bond acceptors (Lipinski definition) is 1. The predicted octanol–water partition coefficient (Wildman–Crippen LogP) is 3.71. The molecule has 160 valence electrons. The molecule has 4 aromatic rings. The third kappa shape index (κ3) is 4.82. The number of aliphatic imine (C=N–C) groups is 1. The van der Waals surface area contributed by atoms with E-state index in [0.29, 0.717) is 5.17 Å². The Hall–Kier alpha value is -2.41. The maximum absolute atomic E-state index is 6.72. The first kappa shape index (κ1) is 24.2. The summed E-state index contributed by atoms with van der Waals surface area (Å²) in [6.45, 7) is 0. The van der Waals surface area contributed by atoms with Gasteiger partial charge in [0.15, 0.2) is 7.26 Å². The van der Waals surface area contributed by atoms with E-state index in [4.69, 9.17) is 28.2 Å². The Bertz CT molecular complexity index is 1080. The molecule has 0 unspecified atom stereocenters. The molecule has 0 saturated heterocycles. The highest BCUT2D eigenvalue weighted by molar-refractivity contribution is 7.99. The molecule has 5 heteroatoms. The lowest BCUT2D eigenvalue weighted by Gasteiger charge is -2.27. The van der Waals surface area contributed by atoms with E-state index in [0.717, 1.165) is 11.0 Å². The Kier molecular flexibility index (Phi) is 8.67. The SMILES string of the molecule is Cl/C=C(\N=C(/Cl)c1ccccc1)[P+](c1ccccc1)(c1ccccc1)c1ccccc1.[Cl-]. The van der Waals surface area contributed by atoms with Gasteiger partial charge in [-0.25, -0.2) is 0 Å². The number of halogens is 3.